The summed E-state index contributed by atoms with van der Waals surface area (Å²) in [6.45, 7) is -0.195. The second kappa shape index (κ2) is 9.15. The van der Waals surface area contributed by atoms with Crippen LogP contribution in [0, 0.1) is 5.82 Å². The van der Waals surface area contributed by atoms with Crippen LogP contribution in [-0.4, -0.2) is 25.9 Å². The van der Waals surface area contributed by atoms with Gasteiger partial charge in [0.2, 0.25) is 5.91 Å². The predicted molar refractivity (Wildman–Crippen MR) is 121 cm³/mol. The van der Waals surface area contributed by atoms with Crippen molar-refractivity contribution in [2.75, 3.05) is 10.8 Å². The van der Waals surface area contributed by atoms with Gasteiger partial charge in [0.05, 0.1) is 10.6 Å². The number of aromatic nitrogens is 1. The summed E-state index contributed by atoms with van der Waals surface area (Å²) in [5.74, 6) is -0.987. The standard InChI is InChI=1S/C24H20FN3O3S/c25-20-9-11-21(12-10-20)28(17-24(29)27-15-18-5-2-1-3-6-18)32(30,31)23-8-4-7-19-16-26-14-13-22(19)23/h1-14,16H,15,17H2,(H,27,29). The lowest BCUT2D eigenvalue weighted by atomic mass is 10.2. The van der Waals surface area contributed by atoms with Crippen molar-refractivity contribution in [1.82, 2.24) is 10.3 Å². The monoisotopic (exact) mass is 449 g/mol. The van der Waals surface area contributed by atoms with Crippen LogP contribution in [-0.2, 0) is 21.4 Å². The Morgan fingerprint density at radius 3 is 2.44 bits per heavy atom. The zero-order valence-corrected chi connectivity index (χ0v) is 17.8. The Morgan fingerprint density at radius 2 is 1.69 bits per heavy atom. The number of hydrogen-bond donors (Lipinski definition) is 1. The van der Waals surface area contributed by atoms with Crippen LogP contribution in [0.25, 0.3) is 10.8 Å². The van der Waals surface area contributed by atoms with E-state index in [1.54, 1.807) is 24.4 Å². The lowest BCUT2D eigenvalue weighted by Gasteiger charge is -2.25. The molecule has 0 saturated carbocycles. The van der Waals surface area contributed by atoms with E-state index < -0.39 is 28.3 Å². The Morgan fingerprint density at radius 1 is 0.938 bits per heavy atom. The largest absolute Gasteiger partial charge is 0.350 e. The fraction of sp³-hybridized carbons (Fsp3) is 0.0833. The topological polar surface area (TPSA) is 79.4 Å². The number of carbonyl (C=O) groups excluding carboxylic acids is 1. The van der Waals surface area contributed by atoms with E-state index in [1.807, 2.05) is 30.3 Å². The normalized spacial score (nSPS) is 11.3. The number of fused-ring (bicyclic) bond motifs is 1. The number of anilines is 1. The number of hydrogen-bond acceptors (Lipinski definition) is 4. The summed E-state index contributed by atoms with van der Waals surface area (Å²) in [4.78, 5) is 16.8. The molecule has 0 aliphatic rings. The van der Waals surface area contributed by atoms with E-state index in [0.29, 0.717) is 10.8 Å². The number of rotatable bonds is 7. The Bertz CT molecular complexity index is 1340. The van der Waals surface area contributed by atoms with Crippen LogP contribution in [0.1, 0.15) is 5.56 Å². The van der Waals surface area contributed by atoms with E-state index in [2.05, 4.69) is 10.3 Å². The van der Waals surface area contributed by atoms with Crippen LogP contribution < -0.4 is 9.62 Å². The van der Waals surface area contributed by atoms with Crippen LogP contribution in [0.15, 0.2) is 96.2 Å². The van der Waals surface area contributed by atoms with Gasteiger partial charge in [-0.25, -0.2) is 12.8 Å². The summed E-state index contributed by atoms with van der Waals surface area (Å²) < 4.78 is 41.8. The first-order valence-corrected chi connectivity index (χ1v) is 11.3. The van der Waals surface area contributed by atoms with Gasteiger partial charge in [-0.15, -0.1) is 0 Å². The third-order valence-electron chi connectivity index (χ3n) is 4.94. The Kier molecular flexibility index (Phi) is 6.13. The zero-order chi connectivity index (χ0) is 22.6. The number of amides is 1. The molecule has 32 heavy (non-hydrogen) atoms. The molecule has 4 rings (SSSR count). The first-order valence-electron chi connectivity index (χ1n) is 9.87. The minimum atomic E-state index is -4.15. The molecule has 0 spiro atoms. The highest BCUT2D eigenvalue weighted by Gasteiger charge is 2.28. The number of pyridine rings is 1. The molecule has 1 aromatic heterocycles. The maximum absolute atomic E-state index is 13.7. The Hall–Kier alpha value is -3.78. The van der Waals surface area contributed by atoms with Crippen molar-refractivity contribution >= 4 is 32.4 Å². The molecule has 1 heterocycles. The maximum Gasteiger partial charge on any atom is 0.265 e. The van der Waals surface area contributed by atoms with E-state index >= 15 is 0 Å². The van der Waals surface area contributed by atoms with Crippen molar-refractivity contribution in [2.45, 2.75) is 11.4 Å². The first kappa shape index (κ1) is 21.5. The molecule has 3 aromatic carbocycles. The molecule has 4 aromatic rings. The lowest BCUT2D eigenvalue weighted by molar-refractivity contribution is -0.119. The number of nitrogens with zero attached hydrogens (tertiary/aromatic N) is 2. The van der Waals surface area contributed by atoms with E-state index in [9.17, 15) is 17.6 Å². The van der Waals surface area contributed by atoms with Crippen molar-refractivity contribution in [1.29, 1.82) is 0 Å². The molecular formula is C24H20FN3O3S. The molecule has 1 amide bonds. The summed E-state index contributed by atoms with van der Waals surface area (Å²) in [7, 11) is -4.15. The average Bonchev–Trinajstić information content (AvgIpc) is 2.82. The number of nitrogens with one attached hydrogen (secondary N) is 1. The van der Waals surface area contributed by atoms with Gasteiger partial charge in [0.15, 0.2) is 0 Å². The SMILES string of the molecule is O=C(CN(c1ccc(F)cc1)S(=O)(=O)c1cccc2cnccc12)NCc1ccccc1. The quantitative estimate of drug-likeness (QED) is 0.464. The highest BCUT2D eigenvalue weighted by atomic mass is 32.2. The molecule has 0 bridgehead atoms. The molecular weight excluding hydrogens is 429 g/mol. The van der Waals surface area contributed by atoms with Crippen LogP contribution in [0.2, 0.25) is 0 Å². The second-order valence-electron chi connectivity index (χ2n) is 7.10. The van der Waals surface area contributed by atoms with Gasteiger partial charge in [-0.2, -0.15) is 0 Å². The summed E-state index contributed by atoms with van der Waals surface area (Å²) in [6, 6.07) is 20.8. The number of halogens is 1. The van der Waals surface area contributed by atoms with E-state index in [-0.39, 0.29) is 17.1 Å². The Balaban J connectivity index is 1.69. The van der Waals surface area contributed by atoms with Crippen LogP contribution >= 0.6 is 0 Å². The molecule has 8 heteroatoms. The summed E-state index contributed by atoms with van der Waals surface area (Å²) in [5.41, 5.74) is 1.07. The van der Waals surface area contributed by atoms with Crippen molar-refractivity contribution in [3.8, 4) is 0 Å². The molecule has 0 saturated heterocycles. The van der Waals surface area contributed by atoms with Gasteiger partial charge >= 0.3 is 0 Å². The van der Waals surface area contributed by atoms with Crippen LogP contribution in [0.5, 0.6) is 0 Å². The minimum absolute atomic E-state index is 0.0394. The van der Waals surface area contributed by atoms with E-state index in [0.717, 1.165) is 22.0 Å². The highest BCUT2D eigenvalue weighted by Crippen LogP contribution is 2.28. The lowest BCUT2D eigenvalue weighted by Crippen LogP contribution is -2.40. The highest BCUT2D eigenvalue weighted by molar-refractivity contribution is 7.93. The fourth-order valence-electron chi connectivity index (χ4n) is 3.34. The molecule has 1 N–H and O–H groups in total. The first-order chi connectivity index (χ1) is 15.4. The number of carbonyl (C=O) groups is 1. The van der Waals surface area contributed by atoms with Gasteiger partial charge in [-0.05, 0) is 42.0 Å². The zero-order valence-electron chi connectivity index (χ0n) is 17.0. The molecule has 0 aliphatic heterocycles. The van der Waals surface area contributed by atoms with Gasteiger partial charge in [-0.1, -0.05) is 42.5 Å². The van der Waals surface area contributed by atoms with Crippen molar-refractivity contribution in [3.05, 3.63) is 103 Å². The van der Waals surface area contributed by atoms with E-state index in [4.69, 9.17) is 0 Å². The van der Waals surface area contributed by atoms with Crippen molar-refractivity contribution in [2.24, 2.45) is 0 Å². The van der Waals surface area contributed by atoms with Crippen LogP contribution in [0.3, 0.4) is 0 Å². The molecule has 0 atom stereocenters. The van der Waals surface area contributed by atoms with Crippen molar-refractivity contribution < 1.29 is 17.6 Å². The third-order valence-corrected chi connectivity index (χ3v) is 6.78. The molecule has 0 fully saturated rings. The van der Waals surface area contributed by atoms with Crippen molar-refractivity contribution in [3.63, 3.8) is 0 Å². The molecule has 0 radical (unpaired) electrons. The maximum atomic E-state index is 13.7. The Labute approximate surface area is 185 Å². The smallest absolute Gasteiger partial charge is 0.265 e. The summed E-state index contributed by atoms with van der Waals surface area (Å²) >= 11 is 0. The summed E-state index contributed by atoms with van der Waals surface area (Å²) in [6.07, 6.45) is 3.08. The van der Waals surface area contributed by atoms with Gasteiger partial charge in [-0.3, -0.25) is 14.1 Å². The molecule has 0 unspecified atom stereocenters. The van der Waals surface area contributed by atoms with Gasteiger partial charge < -0.3 is 5.32 Å². The minimum Gasteiger partial charge on any atom is -0.350 e. The molecule has 162 valence electrons. The van der Waals surface area contributed by atoms with Gasteiger partial charge in [0.1, 0.15) is 12.4 Å². The third kappa shape index (κ3) is 4.60. The summed E-state index contributed by atoms with van der Waals surface area (Å²) in [5, 5.41) is 3.88. The van der Waals surface area contributed by atoms with Gasteiger partial charge in [0.25, 0.3) is 10.0 Å². The fourth-order valence-corrected chi connectivity index (χ4v) is 4.98. The second-order valence-corrected chi connectivity index (χ2v) is 8.93. The molecule has 0 aliphatic carbocycles. The number of benzene rings is 3. The predicted octanol–water partition coefficient (Wildman–Crippen LogP) is 3.89. The molecule has 6 nitrogen and oxygen atoms in total. The average molecular weight is 450 g/mol. The number of sulfonamides is 1. The van der Waals surface area contributed by atoms with Crippen LogP contribution in [0.4, 0.5) is 10.1 Å². The van der Waals surface area contributed by atoms with Gasteiger partial charge in [0, 0.05) is 29.7 Å². The van der Waals surface area contributed by atoms with E-state index in [1.165, 1.54) is 24.4 Å².